The fourth-order valence-electron chi connectivity index (χ4n) is 2.06. The summed E-state index contributed by atoms with van der Waals surface area (Å²) in [5.74, 6) is 0. The molecule has 0 aromatic heterocycles. The van der Waals surface area contributed by atoms with Gasteiger partial charge in [0.1, 0.15) is 0 Å². The van der Waals surface area contributed by atoms with Crippen LogP contribution in [0, 0.1) is 0 Å². The van der Waals surface area contributed by atoms with Crippen molar-refractivity contribution in [2.45, 2.75) is 59.4 Å². The lowest BCUT2D eigenvalue weighted by atomic mass is 10.2. The fourth-order valence-corrected chi connectivity index (χ4v) is 5.37. The van der Waals surface area contributed by atoms with Crippen LogP contribution in [0.25, 0.3) is 0 Å². The van der Waals surface area contributed by atoms with Crippen molar-refractivity contribution in [3.8, 4) is 0 Å². The van der Waals surface area contributed by atoms with Crippen molar-refractivity contribution in [3.05, 3.63) is 0 Å². The van der Waals surface area contributed by atoms with Gasteiger partial charge < -0.3 is 13.3 Å². The van der Waals surface area contributed by atoms with Gasteiger partial charge in [-0.15, -0.1) is 0 Å². The van der Waals surface area contributed by atoms with Gasteiger partial charge in [0.15, 0.2) is 0 Å². The quantitative estimate of drug-likeness (QED) is 0.553. The molecule has 0 aromatic carbocycles. The molecule has 0 N–H and O–H groups in total. The summed E-state index contributed by atoms with van der Waals surface area (Å²) in [5, 5.41) is 0. The smallest absolute Gasteiger partial charge is 0.374 e. The average Bonchev–Trinajstić information content (AvgIpc) is 2.26. The van der Waals surface area contributed by atoms with E-state index >= 15 is 0 Å². The van der Waals surface area contributed by atoms with Crippen molar-refractivity contribution in [2.75, 3.05) is 19.8 Å². The lowest BCUT2D eigenvalue weighted by Crippen LogP contribution is -2.50. The summed E-state index contributed by atoms with van der Waals surface area (Å²) in [5.41, 5.74) is 0.442. The van der Waals surface area contributed by atoms with E-state index in [4.69, 9.17) is 13.3 Å². The van der Waals surface area contributed by atoms with Crippen molar-refractivity contribution in [1.29, 1.82) is 0 Å². The predicted octanol–water partition coefficient (Wildman–Crippen LogP) is 3.62. The van der Waals surface area contributed by atoms with E-state index in [1.54, 1.807) is 0 Å². The lowest BCUT2D eigenvalue weighted by molar-refractivity contribution is 0.0590. The molecule has 3 nitrogen and oxygen atoms in total. The van der Waals surface area contributed by atoms with Crippen LogP contribution in [0.4, 0.5) is 0 Å². The van der Waals surface area contributed by atoms with Gasteiger partial charge in [0.25, 0.3) is 0 Å². The van der Waals surface area contributed by atoms with Crippen molar-refractivity contribution in [2.24, 2.45) is 0 Å². The monoisotopic (exact) mass is 248 g/mol. The molecule has 0 aliphatic carbocycles. The maximum Gasteiger partial charge on any atom is 0.504 e. The van der Waals surface area contributed by atoms with Gasteiger partial charge in [-0.3, -0.25) is 0 Å². The SMILES string of the molecule is CCCC(CC)[Si](OCC)(OCC)OCC. The van der Waals surface area contributed by atoms with E-state index in [0.717, 1.165) is 19.3 Å². The highest BCUT2D eigenvalue weighted by Crippen LogP contribution is 2.33. The first-order valence-corrected chi connectivity index (χ1v) is 8.42. The van der Waals surface area contributed by atoms with Gasteiger partial charge in [0.05, 0.1) is 0 Å². The first-order valence-electron chi connectivity index (χ1n) is 6.62. The third kappa shape index (κ3) is 4.53. The summed E-state index contributed by atoms with van der Waals surface area (Å²) >= 11 is 0. The Morgan fingerprint density at radius 2 is 1.25 bits per heavy atom. The lowest BCUT2D eigenvalue weighted by Gasteiger charge is -2.34. The van der Waals surface area contributed by atoms with Gasteiger partial charge in [-0.1, -0.05) is 20.3 Å². The Kier molecular flexibility index (Phi) is 9.22. The van der Waals surface area contributed by atoms with E-state index in [9.17, 15) is 0 Å². The third-order valence-corrected chi connectivity index (χ3v) is 6.44. The maximum absolute atomic E-state index is 5.91. The molecule has 0 radical (unpaired) electrons. The van der Waals surface area contributed by atoms with Crippen LogP contribution in [-0.4, -0.2) is 28.6 Å². The molecule has 0 spiro atoms. The highest BCUT2D eigenvalue weighted by Gasteiger charge is 2.47. The van der Waals surface area contributed by atoms with Gasteiger partial charge in [0.2, 0.25) is 0 Å². The maximum atomic E-state index is 5.91. The van der Waals surface area contributed by atoms with Gasteiger partial charge in [-0.25, -0.2) is 0 Å². The molecule has 0 aliphatic heterocycles. The molecule has 0 aliphatic rings. The van der Waals surface area contributed by atoms with Crippen LogP contribution in [-0.2, 0) is 13.3 Å². The second kappa shape index (κ2) is 9.16. The summed E-state index contributed by atoms with van der Waals surface area (Å²) in [6.07, 6.45) is 3.35. The minimum atomic E-state index is -2.45. The predicted molar refractivity (Wildman–Crippen MR) is 69.6 cm³/mol. The molecule has 4 heteroatoms. The van der Waals surface area contributed by atoms with Crippen LogP contribution in [0.15, 0.2) is 0 Å². The van der Waals surface area contributed by atoms with E-state index in [-0.39, 0.29) is 0 Å². The molecule has 0 saturated heterocycles. The zero-order valence-corrected chi connectivity index (χ0v) is 12.5. The molecule has 98 valence electrons. The van der Waals surface area contributed by atoms with Crippen molar-refractivity contribution in [1.82, 2.24) is 0 Å². The summed E-state index contributed by atoms with van der Waals surface area (Å²) < 4.78 is 17.7. The normalized spacial score (nSPS) is 14.1. The molecular formula is C12H28O3Si. The molecule has 0 amide bonds. The molecule has 0 saturated carbocycles. The van der Waals surface area contributed by atoms with Crippen LogP contribution in [0.5, 0.6) is 0 Å². The molecular weight excluding hydrogens is 220 g/mol. The van der Waals surface area contributed by atoms with E-state index in [1.165, 1.54) is 0 Å². The Hall–Kier alpha value is 0.0969. The molecule has 1 atom stereocenters. The van der Waals surface area contributed by atoms with Crippen LogP contribution < -0.4 is 0 Å². The zero-order valence-electron chi connectivity index (χ0n) is 11.5. The van der Waals surface area contributed by atoms with Crippen molar-refractivity contribution >= 4 is 8.80 Å². The minimum absolute atomic E-state index is 0.442. The molecule has 0 aromatic rings. The minimum Gasteiger partial charge on any atom is -0.374 e. The topological polar surface area (TPSA) is 27.7 Å². The Bertz CT molecular complexity index is 147. The molecule has 1 unspecified atom stereocenters. The van der Waals surface area contributed by atoms with Gasteiger partial charge >= 0.3 is 8.80 Å². The summed E-state index contributed by atoms with van der Waals surface area (Å²) in [4.78, 5) is 0. The van der Waals surface area contributed by atoms with Crippen LogP contribution in [0.1, 0.15) is 53.9 Å². The van der Waals surface area contributed by atoms with Crippen molar-refractivity contribution < 1.29 is 13.3 Å². The Morgan fingerprint density at radius 3 is 1.50 bits per heavy atom. The third-order valence-electron chi connectivity index (χ3n) is 2.67. The Morgan fingerprint density at radius 1 is 0.812 bits per heavy atom. The van der Waals surface area contributed by atoms with Crippen LogP contribution in [0.3, 0.4) is 0 Å². The average molecular weight is 248 g/mol. The molecule has 0 bridgehead atoms. The van der Waals surface area contributed by atoms with Gasteiger partial charge in [-0.05, 0) is 33.6 Å². The van der Waals surface area contributed by atoms with Crippen molar-refractivity contribution in [3.63, 3.8) is 0 Å². The highest BCUT2D eigenvalue weighted by atomic mass is 28.4. The highest BCUT2D eigenvalue weighted by molar-refractivity contribution is 6.62. The molecule has 0 heterocycles. The number of rotatable bonds is 10. The first-order chi connectivity index (χ1) is 7.70. The van der Waals surface area contributed by atoms with Gasteiger partial charge in [0, 0.05) is 25.4 Å². The summed E-state index contributed by atoms with van der Waals surface area (Å²) in [6.45, 7) is 12.4. The largest absolute Gasteiger partial charge is 0.504 e. The second-order valence-electron chi connectivity index (χ2n) is 3.80. The standard InChI is InChI=1S/C12H28O3Si/c1-6-11-12(7-2)16(13-8-3,14-9-4)15-10-5/h12H,6-11H2,1-5H3. The Balaban J connectivity index is 4.78. The zero-order chi connectivity index (χ0) is 12.4. The van der Waals surface area contributed by atoms with E-state index in [1.807, 2.05) is 20.8 Å². The molecule has 0 rings (SSSR count). The van der Waals surface area contributed by atoms with Gasteiger partial charge in [-0.2, -0.15) is 0 Å². The van der Waals surface area contributed by atoms with Crippen LogP contribution in [0.2, 0.25) is 5.54 Å². The van der Waals surface area contributed by atoms with E-state index in [0.29, 0.717) is 25.4 Å². The Labute approximate surface area is 102 Å². The van der Waals surface area contributed by atoms with E-state index < -0.39 is 8.80 Å². The number of hydrogen-bond donors (Lipinski definition) is 0. The molecule has 0 fully saturated rings. The second-order valence-corrected chi connectivity index (χ2v) is 6.69. The number of hydrogen-bond acceptors (Lipinski definition) is 3. The summed E-state index contributed by atoms with van der Waals surface area (Å²) in [7, 11) is -2.45. The van der Waals surface area contributed by atoms with E-state index in [2.05, 4.69) is 13.8 Å². The fraction of sp³-hybridized carbons (Fsp3) is 1.00. The van der Waals surface area contributed by atoms with Crippen LogP contribution >= 0.6 is 0 Å². The first kappa shape index (κ1) is 16.1. The summed E-state index contributed by atoms with van der Waals surface area (Å²) in [6, 6.07) is 0. The molecule has 16 heavy (non-hydrogen) atoms.